The molecule has 0 heterocycles. The van der Waals surface area contributed by atoms with Crippen LogP contribution in [0.25, 0.3) is 11.1 Å². The number of hydrogen-bond donors (Lipinski definition) is 2. The molecule has 2 aromatic rings. The summed E-state index contributed by atoms with van der Waals surface area (Å²) in [5.41, 5.74) is 1.75. The van der Waals surface area contributed by atoms with Crippen LogP contribution in [0, 0.1) is 18.7 Å². The molecule has 5 nitrogen and oxygen atoms in total. The molecule has 2 aromatic carbocycles. The lowest BCUT2D eigenvalue weighted by atomic mass is 9.72. The number of methoxy groups -OCH3 is 1. The average molecular weight is 448 g/mol. The summed E-state index contributed by atoms with van der Waals surface area (Å²) in [6, 6.07) is 10.1. The zero-order valence-electron chi connectivity index (χ0n) is 17.9. The normalized spacial score (nSPS) is 23.4. The summed E-state index contributed by atoms with van der Waals surface area (Å²) in [4.78, 5) is 25.0. The maximum absolute atomic E-state index is 13.9. The molecule has 166 valence electrons. The first-order chi connectivity index (χ1) is 14.7. The lowest BCUT2D eigenvalue weighted by Crippen LogP contribution is -2.61. The van der Waals surface area contributed by atoms with Gasteiger partial charge in [-0.1, -0.05) is 42.8 Å². The van der Waals surface area contributed by atoms with Crippen LogP contribution < -0.4 is 5.32 Å². The molecule has 3 atom stereocenters. The minimum Gasteiger partial charge on any atom is -0.479 e. The molecule has 1 unspecified atom stereocenters. The van der Waals surface area contributed by atoms with E-state index in [1.54, 1.807) is 13.2 Å². The van der Waals surface area contributed by atoms with Gasteiger partial charge in [-0.2, -0.15) is 0 Å². The molecule has 1 saturated carbocycles. The molecule has 0 aromatic heterocycles. The van der Waals surface area contributed by atoms with E-state index in [2.05, 4.69) is 5.32 Å². The van der Waals surface area contributed by atoms with Crippen molar-refractivity contribution in [3.63, 3.8) is 0 Å². The van der Waals surface area contributed by atoms with Gasteiger partial charge in [-0.3, -0.25) is 4.79 Å². The van der Waals surface area contributed by atoms with Gasteiger partial charge in [0.05, 0.1) is 17.5 Å². The number of benzene rings is 2. The van der Waals surface area contributed by atoms with Crippen LogP contribution in [0.2, 0.25) is 5.02 Å². The Labute approximate surface area is 186 Å². The molecule has 0 bridgehead atoms. The van der Waals surface area contributed by atoms with Crippen LogP contribution >= 0.6 is 11.6 Å². The SMILES string of the molecule is CO[C@H]1CCC(NC(=O)Cc2cc(-c3ccc(Cl)c(F)c3)ccc2C)(C(=O)O)[C@@H](C)C1. The van der Waals surface area contributed by atoms with E-state index in [0.29, 0.717) is 24.8 Å². The molecular formula is C24H27ClFNO4. The van der Waals surface area contributed by atoms with Gasteiger partial charge in [-0.15, -0.1) is 0 Å². The summed E-state index contributed by atoms with van der Waals surface area (Å²) in [6.07, 6.45) is 1.49. The predicted molar refractivity (Wildman–Crippen MR) is 118 cm³/mol. The topological polar surface area (TPSA) is 75.6 Å². The van der Waals surface area contributed by atoms with Gasteiger partial charge in [0.2, 0.25) is 5.91 Å². The van der Waals surface area contributed by atoms with E-state index < -0.39 is 17.3 Å². The molecule has 0 spiro atoms. The fourth-order valence-corrected chi connectivity index (χ4v) is 4.42. The number of rotatable bonds is 6. The number of nitrogens with one attached hydrogen (secondary N) is 1. The zero-order valence-corrected chi connectivity index (χ0v) is 18.6. The maximum atomic E-state index is 13.9. The van der Waals surface area contributed by atoms with E-state index in [4.69, 9.17) is 16.3 Å². The average Bonchev–Trinajstić information content (AvgIpc) is 2.73. The minimum absolute atomic E-state index is 0.00178. The number of carbonyl (C=O) groups is 2. The third-order valence-electron chi connectivity index (χ3n) is 6.35. The lowest BCUT2D eigenvalue weighted by Gasteiger charge is -2.42. The Hall–Kier alpha value is -2.44. The van der Waals surface area contributed by atoms with Crippen molar-refractivity contribution < 1.29 is 23.8 Å². The van der Waals surface area contributed by atoms with Crippen LogP contribution in [0.5, 0.6) is 0 Å². The Morgan fingerprint density at radius 1 is 1.26 bits per heavy atom. The van der Waals surface area contributed by atoms with Crippen molar-refractivity contribution in [3.8, 4) is 11.1 Å². The van der Waals surface area contributed by atoms with Gasteiger partial charge in [0.25, 0.3) is 0 Å². The molecule has 1 fully saturated rings. The summed E-state index contributed by atoms with van der Waals surface area (Å²) in [7, 11) is 1.62. The number of carboxylic acid groups (broad SMARTS) is 1. The maximum Gasteiger partial charge on any atom is 0.329 e. The molecule has 31 heavy (non-hydrogen) atoms. The van der Waals surface area contributed by atoms with Crippen molar-refractivity contribution in [2.75, 3.05) is 7.11 Å². The molecule has 2 N–H and O–H groups in total. The van der Waals surface area contributed by atoms with Gasteiger partial charge in [0, 0.05) is 7.11 Å². The first kappa shape index (κ1) is 23.2. The molecule has 1 amide bonds. The number of carboxylic acids is 1. The van der Waals surface area contributed by atoms with Crippen LogP contribution in [0.3, 0.4) is 0 Å². The van der Waals surface area contributed by atoms with Gasteiger partial charge < -0.3 is 15.2 Å². The molecule has 7 heteroatoms. The third kappa shape index (κ3) is 4.91. The predicted octanol–water partition coefficient (Wildman–Crippen LogP) is 4.77. The lowest BCUT2D eigenvalue weighted by molar-refractivity contribution is -0.153. The van der Waals surface area contributed by atoms with E-state index >= 15 is 0 Å². The second kappa shape index (κ2) is 9.37. The summed E-state index contributed by atoms with van der Waals surface area (Å²) < 4.78 is 19.2. The van der Waals surface area contributed by atoms with E-state index in [0.717, 1.165) is 16.7 Å². The second-order valence-corrected chi connectivity index (χ2v) is 8.71. The highest BCUT2D eigenvalue weighted by molar-refractivity contribution is 6.30. The van der Waals surface area contributed by atoms with Gasteiger partial charge in [-0.05, 0) is 66.5 Å². The molecule has 1 aliphatic rings. The molecule has 3 rings (SSSR count). The van der Waals surface area contributed by atoms with Crippen molar-refractivity contribution in [2.45, 2.75) is 51.2 Å². The van der Waals surface area contributed by atoms with Gasteiger partial charge >= 0.3 is 5.97 Å². The fourth-order valence-electron chi connectivity index (χ4n) is 4.30. The fraction of sp³-hybridized carbons (Fsp3) is 0.417. The van der Waals surface area contributed by atoms with Crippen molar-refractivity contribution in [2.24, 2.45) is 5.92 Å². The smallest absolute Gasteiger partial charge is 0.329 e. The number of carbonyl (C=O) groups excluding carboxylic acids is 1. The Bertz CT molecular complexity index is 996. The van der Waals surface area contributed by atoms with Crippen LogP contribution in [-0.4, -0.2) is 35.7 Å². The van der Waals surface area contributed by atoms with Crippen LogP contribution in [0.1, 0.15) is 37.3 Å². The third-order valence-corrected chi connectivity index (χ3v) is 6.66. The quantitative estimate of drug-likeness (QED) is 0.668. The number of halogens is 2. The number of hydrogen-bond acceptors (Lipinski definition) is 3. The van der Waals surface area contributed by atoms with Crippen molar-refractivity contribution in [3.05, 3.63) is 58.4 Å². The van der Waals surface area contributed by atoms with E-state index in [1.807, 2.05) is 32.0 Å². The molecule has 0 aliphatic heterocycles. The highest BCUT2D eigenvalue weighted by Gasteiger charge is 2.48. The standard InChI is InChI=1S/C24H27ClFNO4/c1-14-4-5-16(17-6-7-20(25)21(26)12-17)11-18(14)13-22(28)27-24(23(29)30)9-8-19(31-3)10-15(24)2/h4-7,11-12,15,19H,8-10,13H2,1-3H3,(H,27,28)(H,29,30)/t15-,19-,24?/m0/s1. The number of aliphatic carboxylic acids is 1. The molecule has 0 saturated heterocycles. The van der Waals surface area contributed by atoms with Crippen LogP contribution in [0.4, 0.5) is 4.39 Å². The van der Waals surface area contributed by atoms with Crippen LogP contribution in [0.15, 0.2) is 36.4 Å². The Morgan fingerprint density at radius 2 is 1.94 bits per heavy atom. The Kier molecular flexibility index (Phi) is 7.02. The van der Waals surface area contributed by atoms with Crippen molar-refractivity contribution in [1.29, 1.82) is 0 Å². The summed E-state index contributed by atoms with van der Waals surface area (Å²) >= 11 is 5.77. The molecule has 0 radical (unpaired) electrons. The van der Waals surface area contributed by atoms with Gasteiger partial charge in [0.15, 0.2) is 0 Å². The first-order valence-corrected chi connectivity index (χ1v) is 10.7. The van der Waals surface area contributed by atoms with Crippen molar-refractivity contribution in [1.82, 2.24) is 5.32 Å². The second-order valence-electron chi connectivity index (χ2n) is 8.30. The van der Waals surface area contributed by atoms with Gasteiger partial charge in [0.1, 0.15) is 11.4 Å². The largest absolute Gasteiger partial charge is 0.479 e. The van der Waals surface area contributed by atoms with Crippen LogP contribution in [-0.2, 0) is 20.7 Å². The molecule has 1 aliphatic carbocycles. The highest BCUT2D eigenvalue weighted by Crippen LogP contribution is 2.35. The number of aryl methyl sites for hydroxylation is 1. The number of ether oxygens (including phenoxy) is 1. The monoisotopic (exact) mass is 447 g/mol. The van der Waals surface area contributed by atoms with E-state index in [1.165, 1.54) is 12.1 Å². The summed E-state index contributed by atoms with van der Waals surface area (Å²) in [5.74, 6) is -2.15. The number of amides is 1. The summed E-state index contributed by atoms with van der Waals surface area (Å²) in [6.45, 7) is 3.72. The van der Waals surface area contributed by atoms with E-state index in [9.17, 15) is 19.1 Å². The Balaban J connectivity index is 1.81. The van der Waals surface area contributed by atoms with E-state index in [-0.39, 0.29) is 29.4 Å². The molecular weight excluding hydrogens is 421 g/mol. The minimum atomic E-state index is -1.31. The van der Waals surface area contributed by atoms with Crippen molar-refractivity contribution >= 4 is 23.5 Å². The first-order valence-electron chi connectivity index (χ1n) is 10.3. The Morgan fingerprint density at radius 3 is 2.55 bits per heavy atom. The highest BCUT2D eigenvalue weighted by atomic mass is 35.5. The van der Waals surface area contributed by atoms with Gasteiger partial charge in [-0.25, -0.2) is 9.18 Å². The summed E-state index contributed by atoms with van der Waals surface area (Å²) in [5, 5.41) is 12.8. The zero-order chi connectivity index (χ0) is 22.8.